The third kappa shape index (κ3) is 5.23. The summed E-state index contributed by atoms with van der Waals surface area (Å²) in [5.41, 5.74) is 5.34. The van der Waals surface area contributed by atoms with Crippen LogP contribution in [-0.2, 0) is 0 Å². The van der Waals surface area contributed by atoms with Crippen molar-refractivity contribution < 1.29 is 4.74 Å². The van der Waals surface area contributed by atoms with Gasteiger partial charge in [-0.2, -0.15) is 0 Å². The predicted molar refractivity (Wildman–Crippen MR) is 110 cm³/mol. The van der Waals surface area contributed by atoms with Gasteiger partial charge in [0.1, 0.15) is 11.5 Å². The van der Waals surface area contributed by atoms with Crippen molar-refractivity contribution >= 4 is 0 Å². The minimum Gasteiger partial charge on any atom is -0.457 e. The van der Waals surface area contributed by atoms with E-state index < -0.39 is 0 Å². The van der Waals surface area contributed by atoms with Crippen LogP contribution in [0, 0.1) is 20.8 Å². The standard InChI is InChI=1S/C17H18O.C8H10/c1-13-8-10-16(11-9-13)18-17-7-3-6-15(12-17)14-4-2-5-14;1-7-3-5-8(2)6-4-7/h3,6-12,14H,2,4-5H2,1H3;3-6H,1-2H3. The highest BCUT2D eigenvalue weighted by atomic mass is 16.5. The highest BCUT2D eigenvalue weighted by molar-refractivity contribution is 5.36. The van der Waals surface area contributed by atoms with Crippen molar-refractivity contribution in [3.8, 4) is 11.5 Å². The van der Waals surface area contributed by atoms with Gasteiger partial charge in [-0.15, -0.1) is 0 Å². The first-order valence-electron chi connectivity index (χ1n) is 9.48. The number of benzene rings is 3. The SMILES string of the molecule is Cc1ccc(C)cc1.Cc1ccc(Oc2cccc(C3CCC3)c2)cc1. The quantitative estimate of drug-likeness (QED) is 0.482. The Balaban J connectivity index is 0.000000206. The van der Waals surface area contributed by atoms with E-state index in [4.69, 9.17) is 4.74 Å². The maximum Gasteiger partial charge on any atom is 0.127 e. The van der Waals surface area contributed by atoms with Crippen LogP contribution in [0.4, 0.5) is 0 Å². The summed E-state index contributed by atoms with van der Waals surface area (Å²) in [6.07, 6.45) is 4.02. The molecule has 3 aromatic rings. The van der Waals surface area contributed by atoms with Crippen molar-refractivity contribution in [3.63, 3.8) is 0 Å². The van der Waals surface area contributed by atoms with E-state index in [1.807, 2.05) is 18.2 Å². The molecule has 1 aliphatic carbocycles. The second kappa shape index (κ2) is 8.71. The maximum atomic E-state index is 5.89. The summed E-state index contributed by atoms with van der Waals surface area (Å²) < 4.78 is 5.89. The fourth-order valence-corrected chi connectivity index (χ4v) is 2.95. The third-order valence-corrected chi connectivity index (χ3v) is 4.91. The van der Waals surface area contributed by atoms with Crippen LogP contribution in [0.3, 0.4) is 0 Å². The van der Waals surface area contributed by atoms with Gasteiger partial charge in [0, 0.05) is 0 Å². The molecular formula is C25H28O. The van der Waals surface area contributed by atoms with Crippen LogP contribution in [0.15, 0.2) is 72.8 Å². The summed E-state index contributed by atoms with van der Waals surface area (Å²) in [4.78, 5) is 0. The van der Waals surface area contributed by atoms with Crippen molar-refractivity contribution in [1.29, 1.82) is 0 Å². The molecule has 0 saturated heterocycles. The van der Waals surface area contributed by atoms with Gasteiger partial charge >= 0.3 is 0 Å². The predicted octanol–water partition coefficient (Wildman–Crippen LogP) is 7.36. The molecule has 0 unspecified atom stereocenters. The van der Waals surface area contributed by atoms with Gasteiger partial charge in [0.05, 0.1) is 0 Å². The maximum absolute atomic E-state index is 5.89. The van der Waals surface area contributed by atoms with Crippen LogP contribution in [0.25, 0.3) is 0 Å². The van der Waals surface area contributed by atoms with E-state index in [0.717, 1.165) is 17.4 Å². The zero-order valence-corrected chi connectivity index (χ0v) is 16.0. The second-order valence-electron chi connectivity index (χ2n) is 7.27. The van der Waals surface area contributed by atoms with Crippen LogP contribution in [0.1, 0.15) is 47.4 Å². The van der Waals surface area contributed by atoms with Gasteiger partial charge in [-0.3, -0.25) is 0 Å². The van der Waals surface area contributed by atoms with E-state index in [-0.39, 0.29) is 0 Å². The lowest BCUT2D eigenvalue weighted by atomic mass is 9.80. The van der Waals surface area contributed by atoms with Crippen molar-refractivity contribution in [2.45, 2.75) is 46.0 Å². The van der Waals surface area contributed by atoms with Crippen LogP contribution in [-0.4, -0.2) is 0 Å². The van der Waals surface area contributed by atoms with Crippen molar-refractivity contribution in [1.82, 2.24) is 0 Å². The van der Waals surface area contributed by atoms with Crippen LogP contribution < -0.4 is 4.74 Å². The number of ether oxygens (including phenoxy) is 1. The summed E-state index contributed by atoms with van der Waals surface area (Å²) in [5.74, 6) is 2.61. The number of rotatable bonds is 3. The Labute approximate surface area is 157 Å². The number of hydrogen-bond donors (Lipinski definition) is 0. The molecule has 3 aromatic carbocycles. The molecule has 134 valence electrons. The summed E-state index contributed by atoms with van der Waals surface area (Å²) in [5, 5.41) is 0. The molecule has 0 bridgehead atoms. The Kier molecular flexibility index (Phi) is 6.12. The topological polar surface area (TPSA) is 9.23 Å². The fraction of sp³-hybridized carbons (Fsp3) is 0.280. The first-order valence-corrected chi connectivity index (χ1v) is 9.48. The molecule has 4 rings (SSSR count). The molecule has 1 fully saturated rings. The lowest BCUT2D eigenvalue weighted by molar-refractivity contribution is 0.416. The Morgan fingerprint density at radius 1 is 0.654 bits per heavy atom. The van der Waals surface area contributed by atoms with Gasteiger partial charge in [-0.1, -0.05) is 71.6 Å². The molecule has 1 aliphatic rings. The molecule has 1 nitrogen and oxygen atoms in total. The van der Waals surface area contributed by atoms with Gasteiger partial charge in [0.15, 0.2) is 0 Å². The lowest BCUT2D eigenvalue weighted by Gasteiger charge is -2.26. The second-order valence-corrected chi connectivity index (χ2v) is 7.27. The Bertz CT molecular complexity index is 791. The van der Waals surface area contributed by atoms with E-state index in [1.54, 1.807) is 0 Å². The molecule has 0 N–H and O–H groups in total. The molecule has 0 atom stereocenters. The van der Waals surface area contributed by atoms with Gasteiger partial charge < -0.3 is 4.74 Å². The van der Waals surface area contributed by atoms with Crippen LogP contribution in [0.2, 0.25) is 0 Å². The zero-order chi connectivity index (χ0) is 18.4. The van der Waals surface area contributed by atoms with E-state index in [0.29, 0.717) is 0 Å². The average Bonchev–Trinajstić information content (AvgIpc) is 2.59. The summed E-state index contributed by atoms with van der Waals surface area (Å²) >= 11 is 0. The van der Waals surface area contributed by atoms with Gasteiger partial charge in [-0.25, -0.2) is 0 Å². The molecule has 0 spiro atoms. The van der Waals surface area contributed by atoms with E-state index >= 15 is 0 Å². The molecule has 0 amide bonds. The largest absolute Gasteiger partial charge is 0.457 e. The third-order valence-electron chi connectivity index (χ3n) is 4.91. The van der Waals surface area contributed by atoms with Crippen LogP contribution >= 0.6 is 0 Å². The molecule has 0 aromatic heterocycles. The van der Waals surface area contributed by atoms with Crippen LogP contribution in [0.5, 0.6) is 11.5 Å². The molecular weight excluding hydrogens is 316 g/mol. The van der Waals surface area contributed by atoms with Crippen molar-refractivity contribution in [2.75, 3.05) is 0 Å². The monoisotopic (exact) mass is 344 g/mol. The molecule has 1 heteroatoms. The smallest absolute Gasteiger partial charge is 0.127 e. The van der Waals surface area contributed by atoms with Crippen molar-refractivity contribution in [2.24, 2.45) is 0 Å². The number of aryl methyl sites for hydroxylation is 3. The minimum atomic E-state index is 0.756. The summed E-state index contributed by atoms with van der Waals surface area (Å²) in [6, 6.07) is 25.2. The summed E-state index contributed by atoms with van der Waals surface area (Å²) in [6.45, 7) is 6.28. The highest BCUT2D eigenvalue weighted by Crippen LogP contribution is 2.37. The first kappa shape index (κ1) is 18.3. The Morgan fingerprint density at radius 3 is 1.69 bits per heavy atom. The Hall–Kier alpha value is -2.54. The minimum absolute atomic E-state index is 0.756. The van der Waals surface area contributed by atoms with E-state index in [2.05, 4.69) is 75.4 Å². The molecule has 26 heavy (non-hydrogen) atoms. The normalized spacial score (nSPS) is 13.3. The lowest BCUT2D eigenvalue weighted by Crippen LogP contribution is -2.08. The van der Waals surface area contributed by atoms with E-state index in [1.165, 1.54) is 41.5 Å². The van der Waals surface area contributed by atoms with E-state index in [9.17, 15) is 0 Å². The number of hydrogen-bond acceptors (Lipinski definition) is 1. The first-order chi connectivity index (χ1) is 12.6. The molecule has 1 saturated carbocycles. The Morgan fingerprint density at radius 2 is 1.19 bits per heavy atom. The van der Waals surface area contributed by atoms with Gasteiger partial charge in [0.25, 0.3) is 0 Å². The molecule has 0 heterocycles. The zero-order valence-electron chi connectivity index (χ0n) is 16.0. The van der Waals surface area contributed by atoms with Gasteiger partial charge in [-0.05, 0) is 69.4 Å². The average molecular weight is 344 g/mol. The fourth-order valence-electron chi connectivity index (χ4n) is 2.95. The van der Waals surface area contributed by atoms with Gasteiger partial charge in [0.2, 0.25) is 0 Å². The molecule has 0 radical (unpaired) electrons. The highest BCUT2D eigenvalue weighted by Gasteiger charge is 2.19. The summed E-state index contributed by atoms with van der Waals surface area (Å²) in [7, 11) is 0. The van der Waals surface area contributed by atoms with Crippen molar-refractivity contribution in [3.05, 3.63) is 95.1 Å². The molecule has 0 aliphatic heterocycles.